The van der Waals surface area contributed by atoms with Crippen molar-refractivity contribution in [1.82, 2.24) is 29.5 Å². The van der Waals surface area contributed by atoms with Gasteiger partial charge >= 0.3 is 0 Å². The Labute approximate surface area is 159 Å². The number of pyridine rings is 2. The Morgan fingerprint density at radius 2 is 1.75 bits per heavy atom. The van der Waals surface area contributed by atoms with Crippen LogP contribution in [-0.2, 0) is 0 Å². The van der Waals surface area contributed by atoms with E-state index < -0.39 is 0 Å². The molecule has 0 amide bonds. The Morgan fingerprint density at radius 3 is 2.64 bits per heavy atom. The van der Waals surface area contributed by atoms with Gasteiger partial charge in [0.05, 0.1) is 29.5 Å². The van der Waals surface area contributed by atoms with Gasteiger partial charge in [0.1, 0.15) is 0 Å². The molecule has 0 bridgehead atoms. The van der Waals surface area contributed by atoms with E-state index in [9.17, 15) is 4.79 Å². The van der Waals surface area contributed by atoms with Crippen LogP contribution in [0.2, 0.25) is 0 Å². The normalized spacial score (nSPS) is 11.0. The Bertz CT molecular complexity index is 1330. The van der Waals surface area contributed by atoms with Crippen LogP contribution < -0.4 is 5.43 Å². The molecule has 4 aromatic heterocycles. The first kappa shape index (κ1) is 16.1. The molecule has 0 atom stereocenters. The summed E-state index contributed by atoms with van der Waals surface area (Å²) in [7, 11) is 0. The monoisotopic (exact) mass is 366 g/mol. The number of aromatic nitrogens is 6. The first-order valence-electron chi connectivity index (χ1n) is 8.69. The van der Waals surface area contributed by atoms with Gasteiger partial charge in [0.25, 0.3) is 0 Å². The topological polar surface area (TPSA) is 78.5 Å². The van der Waals surface area contributed by atoms with Crippen LogP contribution in [0.15, 0.2) is 90.5 Å². The van der Waals surface area contributed by atoms with E-state index in [1.54, 1.807) is 52.6 Å². The van der Waals surface area contributed by atoms with E-state index in [2.05, 4.69) is 20.2 Å². The molecule has 0 aliphatic heterocycles. The molecular formula is C21H14N6O. The maximum Gasteiger partial charge on any atom is 0.209 e. The maximum absolute atomic E-state index is 12.6. The van der Waals surface area contributed by atoms with Crippen LogP contribution in [0.5, 0.6) is 0 Å². The molecule has 0 aliphatic carbocycles. The summed E-state index contributed by atoms with van der Waals surface area (Å²) in [6.45, 7) is 0. The molecule has 0 unspecified atom stereocenters. The standard InChI is InChI=1S/C21H14N6O/c28-20-8-12-26(16-4-2-9-22-14-16)25-21(20)19-7-11-24-27(19)18-5-1-3-15-13-23-10-6-17(15)18/h1-14H. The molecule has 7 nitrogen and oxygen atoms in total. The number of rotatable bonds is 3. The molecule has 0 radical (unpaired) electrons. The zero-order valence-corrected chi connectivity index (χ0v) is 14.7. The number of benzene rings is 1. The van der Waals surface area contributed by atoms with Crippen molar-refractivity contribution in [3.63, 3.8) is 0 Å². The number of hydrogen-bond donors (Lipinski definition) is 0. The highest BCUT2D eigenvalue weighted by atomic mass is 16.1. The highest BCUT2D eigenvalue weighted by molar-refractivity contribution is 5.89. The zero-order chi connectivity index (χ0) is 18.9. The van der Waals surface area contributed by atoms with Gasteiger partial charge in [-0.25, -0.2) is 9.36 Å². The van der Waals surface area contributed by atoms with E-state index in [0.717, 1.165) is 22.1 Å². The minimum Gasteiger partial charge on any atom is -0.287 e. The van der Waals surface area contributed by atoms with Crippen molar-refractivity contribution in [1.29, 1.82) is 0 Å². The van der Waals surface area contributed by atoms with Crippen LogP contribution in [0.4, 0.5) is 0 Å². The molecule has 134 valence electrons. The SMILES string of the molecule is O=c1ccn(-c2cccnc2)nc1-c1ccnn1-c1cccc2cnccc12. The van der Waals surface area contributed by atoms with Gasteiger partial charge in [-0.3, -0.25) is 14.8 Å². The predicted molar refractivity (Wildman–Crippen MR) is 105 cm³/mol. The summed E-state index contributed by atoms with van der Waals surface area (Å²) in [5.74, 6) is 0. The van der Waals surface area contributed by atoms with Crippen molar-refractivity contribution < 1.29 is 0 Å². The molecule has 0 aliphatic rings. The summed E-state index contributed by atoms with van der Waals surface area (Å²) < 4.78 is 3.37. The Kier molecular flexibility index (Phi) is 3.76. The summed E-state index contributed by atoms with van der Waals surface area (Å²) >= 11 is 0. The fourth-order valence-corrected chi connectivity index (χ4v) is 3.18. The van der Waals surface area contributed by atoms with E-state index in [-0.39, 0.29) is 5.43 Å². The van der Waals surface area contributed by atoms with Crippen LogP contribution in [0.25, 0.3) is 33.5 Å². The second-order valence-corrected chi connectivity index (χ2v) is 6.19. The second kappa shape index (κ2) is 6.55. The fraction of sp³-hybridized carbons (Fsp3) is 0. The lowest BCUT2D eigenvalue weighted by Crippen LogP contribution is -2.15. The van der Waals surface area contributed by atoms with Gasteiger partial charge in [-0.15, -0.1) is 0 Å². The van der Waals surface area contributed by atoms with Crippen molar-refractivity contribution in [3.8, 4) is 22.8 Å². The van der Waals surface area contributed by atoms with E-state index >= 15 is 0 Å². The number of hydrogen-bond acceptors (Lipinski definition) is 5. The third-order valence-corrected chi connectivity index (χ3v) is 4.49. The summed E-state index contributed by atoms with van der Waals surface area (Å²) in [6, 6.07) is 14.8. The third kappa shape index (κ3) is 2.66. The lowest BCUT2D eigenvalue weighted by atomic mass is 10.1. The molecule has 0 spiro atoms. The summed E-state index contributed by atoms with van der Waals surface area (Å²) in [5, 5.41) is 11.0. The van der Waals surface area contributed by atoms with E-state index in [1.165, 1.54) is 6.07 Å². The Morgan fingerprint density at radius 1 is 0.821 bits per heavy atom. The lowest BCUT2D eigenvalue weighted by Gasteiger charge is -2.11. The molecule has 28 heavy (non-hydrogen) atoms. The van der Waals surface area contributed by atoms with Gasteiger partial charge in [0.15, 0.2) is 5.69 Å². The average Bonchev–Trinajstić information content (AvgIpc) is 3.24. The molecule has 0 N–H and O–H groups in total. The first-order chi connectivity index (χ1) is 13.8. The lowest BCUT2D eigenvalue weighted by molar-refractivity contribution is 0.821. The van der Waals surface area contributed by atoms with Gasteiger partial charge in [-0.1, -0.05) is 12.1 Å². The molecule has 5 rings (SSSR count). The van der Waals surface area contributed by atoms with Crippen molar-refractivity contribution in [2.45, 2.75) is 0 Å². The van der Waals surface area contributed by atoms with Crippen molar-refractivity contribution >= 4 is 10.8 Å². The molecule has 5 aromatic rings. The minimum atomic E-state index is -0.177. The fourth-order valence-electron chi connectivity index (χ4n) is 3.18. The minimum absolute atomic E-state index is 0.177. The van der Waals surface area contributed by atoms with Gasteiger partial charge < -0.3 is 0 Å². The van der Waals surface area contributed by atoms with Crippen LogP contribution in [0.3, 0.4) is 0 Å². The Hall–Kier alpha value is -4.13. The summed E-state index contributed by atoms with van der Waals surface area (Å²) in [5.41, 5.74) is 2.38. The zero-order valence-electron chi connectivity index (χ0n) is 14.7. The van der Waals surface area contributed by atoms with Crippen LogP contribution in [0, 0.1) is 0 Å². The molecular weight excluding hydrogens is 352 g/mol. The number of fused-ring (bicyclic) bond motifs is 1. The van der Waals surface area contributed by atoms with Crippen LogP contribution in [0.1, 0.15) is 0 Å². The third-order valence-electron chi connectivity index (χ3n) is 4.49. The number of nitrogens with zero attached hydrogens (tertiary/aromatic N) is 6. The van der Waals surface area contributed by atoms with Gasteiger partial charge in [0, 0.05) is 41.6 Å². The molecule has 0 saturated carbocycles. The summed E-state index contributed by atoms with van der Waals surface area (Å²) in [4.78, 5) is 20.9. The smallest absolute Gasteiger partial charge is 0.209 e. The quantitative estimate of drug-likeness (QED) is 0.490. The van der Waals surface area contributed by atoms with Crippen LogP contribution in [-0.4, -0.2) is 29.5 Å². The average molecular weight is 366 g/mol. The van der Waals surface area contributed by atoms with E-state index in [4.69, 9.17) is 0 Å². The second-order valence-electron chi connectivity index (χ2n) is 6.19. The predicted octanol–water partition coefficient (Wildman–Crippen LogP) is 3.03. The largest absolute Gasteiger partial charge is 0.287 e. The van der Waals surface area contributed by atoms with E-state index in [1.807, 2.05) is 36.4 Å². The first-order valence-corrected chi connectivity index (χ1v) is 8.69. The van der Waals surface area contributed by atoms with Gasteiger partial charge in [0.2, 0.25) is 5.43 Å². The van der Waals surface area contributed by atoms with Crippen molar-refractivity contribution in [2.75, 3.05) is 0 Å². The molecule has 4 heterocycles. The van der Waals surface area contributed by atoms with Crippen LogP contribution >= 0.6 is 0 Å². The maximum atomic E-state index is 12.6. The van der Waals surface area contributed by atoms with Crippen molar-refractivity contribution in [2.24, 2.45) is 0 Å². The summed E-state index contributed by atoms with van der Waals surface area (Å²) in [6.07, 6.45) is 10.2. The molecule has 0 fully saturated rings. The van der Waals surface area contributed by atoms with Crippen molar-refractivity contribution in [3.05, 3.63) is 95.9 Å². The van der Waals surface area contributed by atoms with E-state index in [0.29, 0.717) is 11.4 Å². The molecule has 1 aromatic carbocycles. The highest BCUT2D eigenvalue weighted by Gasteiger charge is 2.15. The highest BCUT2D eigenvalue weighted by Crippen LogP contribution is 2.25. The van der Waals surface area contributed by atoms with Gasteiger partial charge in [-0.05, 0) is 30.3 Å². The molecule has 7 heteroatoms. The Balaban J connectivity index is 1.71. The van der Waals surface area contributed by atoms with Gasteiger partial charge in [-0.2, -0.15) is 10.2 Å². The molecule has 0 saturated heterocycles.